The Hall–Kier alpha value is -0.910. The standard InChI is InChI=1S/C14H20N2O2S/c17-13(11-2-8-19-10-11)16-9-12-1-3-14(18-12)4-6-15-7-5-14/h2,8,10,12,15H,1,3-7,9H2,(H,16,17)/t12-/m0/s1. The summed E-state index contributed by atoms with van der Waals surface area (Å²) >= 11 is 1.54. The second-order valence-corrected chi connectivity index (χ2v) is 6.21. The Balaban J connectivity index is 1.48. The molecule has 1 atom stereocenters. The zero-order chi connectivity index (χ0) is 13.1. The van der Waals surface area contributed by atoms with Gasteiger partial charge >= 0.3 is 0 Å². The van der Waals surface area contributed by atoms with Crippen LogP contribution in [0.5, 0.6) is 0 Å². The Morgan fingerprint density at radius 3 is 3.05 bits per heavy atom. The van der Waals surface area contributed by atoms with E-state index in [4.69, 9.17) is 4.74 Å². The minimum Gasteiger partial charge on any atom is -0.370 e. The molecule has 104 valence electrons. The van der Waals surface area contributed by atoms with Crippen LogP contribution < -0.4 is 10.6 Å². The van der Waals surface area contributed by atoms with Gasteiger partial charge in [-0.25, -0.2) is 0 Å². The number of hydrogen-bond donors (Lipinski definition) is 2. The van der Waals surface area contributed by atoms with E-state index < -0.39 is 0 Å². The number of rotatable bonds is 3. The molecule has 0 radical (unpaired) electrons. The summed E-state index contributed by atoms with van der Waals surface area (Å²) in [6.45, 7) is 2.73. The van der Waals surface area contributed by atoms with Gasteiger partial charge in [-0.1, -0.05) is 0 Å². The van der Waals surface area contributed by atoms with Crippen LogP contribution in [0, 0.1) is 0 Å². The number of hydrogen-bond acceptors (Lipinski definition) is 4. The van der Waals surface area contributed by atoms with Gasteiger partial charge in [-0.3, -0.25) is 4.79 Å². The van der Waals surface area contributed by atoms with Crippen LogP contribution in [-0.2, 0) is 4.74 Å². The van der Waals surface area contributed by atoms with E-state index in [1.165, 1.54) is 0 Å². The monoisotopic (exact) mass is 280 g/mol. The Labute approximate surface area is 117 Å². The molecule has 4 nitrogen and oxygen atoms in total. The van der Waals surface area contributed by atoms with Gasteiger partial charge in [0.25, 0.3) is 5.91 Å². The molecule has 1 aromatic heterocycles. The van der Waals surface area contributed by atoms with Gasteiger partial charge in [-0.2, -0.15) is 11.3 Å². The number of thiophene rings is 1. The van der Waals surface area contributed by atoms with E-state index in [1.807, 2.05) is 16.8 Å². The number of nitrogens with one attached hydrogen (secondary N) is 2. The van der Waals surface area contributed by atoms with E-state index in [0.29, 0.717) is 6.54 Å². The van der Waals surface area contributed by atoms with Crippen molar-refractivity contribution < 1.29 is 9.53 Å². The van der Waals surface area contributed by atoms with E-state index in [-0.39, 0.29) is 17.6 Å². The highest BCUT2D eigenvalue weighted by Gasteiger charge is 2.40. The fraction of sp³-hybridized carbons (Fsp3) is 0.643. The second-order valence-electron chi connectivity index (χ2n) is 5.43. The zero-order valence-electron chi connectivity index (χ0n) is 11.0. The van der Waals surface area contributed by atoms with Crippen molar-refractivity contribution in [3.05, 3.63) is 22.4 Å². The van der Waals surface area contributed by atoms with Crippen LogP contribution >= 0.6 is 11.3 Å². The van der Waals surface area contributed by atoms with Crippen molar-refractivity contribution in [1.29, 1.82) is 0 Å². The normalized spacial score (nSPS) is 25.6. The average molecular weight is 280 g/mol. The van der Waals surface area contributed by atoms with Crippen LogP contribution in [0.25, 0.3) is 0 Å². The summed E-state index contributed by atoms with van der Waals surface area (Å²) in [5, 5.41) is 10.1. The Bertz CT molecular complexity index is 427. The fourth-order valence-electron chi connectivity index (χ4n) is 2.99. The summed E-state index contributed by atoms with van der Waals surface area (Å²) in [4.78, 5) is 11.9. The molecule has 0 aromatic carbocycles. The maximum atomic E-state index is 11.9. The predicted octanol–water partition coefficient (Wildman–Crippen LogP) is 1.78. The molecular weight excluding hydrogens is 260 g/mol. The average Bonchev–Trinajstić information content (AvgIpc) is 3.08. The van der Waals surface area contributed by atoms with Crippen molar-refractivity contribution in [3.63, 3.8) is 0 Å². The molecule has 2 aliphatic heterocycles. The summed E-state index contributed by atoms with van der Waals surface area (Å²) in [6, 6.07) is 1.85. The third-order valence-electron chi connectivity index (χ3n) is 4.13. The molecule has 1 amide bonds. The predicted molar refractivity (Wildman–Crippen MR) is 75.6 cm³/mol. The van der Waals surface area contributed by atoms with E-state index in [0.717, 1.165) is 44.3 Å². The van der Waals surface area contributed by atoms with Crippen LogP contribution in [-0.4, -0.2) is 37.2 Å². The van der Waals surface area contributed by atoms with Crippen molar-refractivity contribution in [2.24, 2.45) is 0 Å². The topological polar surface area (TPSA) is 50.4 Å². The summed E-state index contributed by atoms with van der Waals surface area (Å²) in [6.07, 6.45) is 4.57. The number of carbonyl (C=O) groups is 1. The second kappa shape index (κ2) is 5.61. The molecule has 19 heavy (non-hydrogen) atoms. The van der Waals surface area contributed by atoms with Crippen molar-refractivity contribution in [3.8, 4) is 0 Å². The lowest BCUT2D eigenvalue weighted by Crippen LogP contribution is -2.43. The molecule has 3 heterocycles. The Morgan fingerprint density at radius 1 is 1.47 bits per heavy atom. The third kappa shape index (κ3) is 2.99. The highest BCUT2D eigenvalue weighted by atomic mass is 32.1. The molecule has 2 fully saturated rings. The first kappa shape index (κ1) is 13.1. The molecule has 3 rings (SSSR count). The molecule has 5 heteroatoms. The lowest BCUT2D eigenvalue weighted by Gasteiger charge is -2.33. The molecule has 2 N–H and O–H groups in total. The Morgan fingerprint density at radius 2 is 2.32 bits per heavy atom. The molecule has 0 unspecified atom stereocenters. The summed E-state index contributed by atoms with van der Waals surface area (Å²) < 4.78 is 6.21. The van der Waals surface area contributed by atoms with Crippen LogP contribution in [0.15, 0.2) is 16.8 Å². The summed E-state index contributed by atoms with van der Waals surface area (Å²) in [5.74, 6) is 0.0103. The summed E-state index contributed by atoms with van der Waals surface area (Å²) in [5.41, 5.74) is 0.836. The van der Waals surface area contributed by atoms with Gasteiger partial charge in [0.05, 0.1) is 11.7 Å². The van der Waals surface area contributed by atoms with Gasteiger partial charge in [0.15, 0.2) is 0 Å². The molecule has 2 aliphatic rings. The molecule has 0 bridgehead atoms. The van der Waals surface area contributed by atoms with Crippen LogP contribution in [0.1, 0.15) is 36.0 Å². The van der Waals surface area contributed by atoms with E-state index >= 15 is 0 Å². The first-order valence-electron chi connectivity index (χ1n) is 6.96. The van der Waals surface area contributed by atoms with Crippen molar-refractivity contribution in [1.82, 2.24) is 10.6 Å². The number of amides is 1. The van der Waals surface area contributed by atoms with Crippen molar-refractivity contribution >= 4 is 17.2 Å². The SMILES string of the molecule is O=C(NC[C@@H]1CCC2(CCNCC2)O1)c1ccsc1. The third-order valence-corrected chi connectivity index (χ3v) is 4.81. The lowest BCUT2D eigenvalue weighted by atomic mass is 9.89. The molecule has 2 saturated heterocycles. The quantitative estimate of drug-likeness (QED) is 0.887. The minimum absolute atomic E-state index is 0.0103. The van der Waals surface area contributed by atoms with Crippen molar-refractivity contribution in [2.75, 3.05) is 19.6 Å². The zero-order valence-corrected chi connectivity index (χ0v) is 11.8. The highest BCUT2D eigenvalue weighted by Crippen LogP contribution is 2.36. The first-order chi connectivity index (χ1) is 9.27. The highest BCUT2D eigenvalue weighted by molar-refractivity contribution is 7.08. The van der Waals surface area contributed by atoms with Crippen LogP contribution in [0.3, 0.4) is 0 Å². The van der Waals surface area contributed by atoms with Gasteiger partial charge < -0.3 is 15.4 Å². The van der Waals surface area contributed by atoms with Gasteiger partial charge in [-0.05, 0) is 50.2 Å². The van der Waals surface area contributed by atoms with Crippen molar-refractivity contribution in [2.45, 2.75) is 37.4 Å². The van der Waals surface area contributed by atoms with Gasteiger partial charge in [0.1, 0.15) is 0 Å². The van der Waals surface area contributed by atoms with E-state index in [1.54, 1.807) is 11.3 Å². The van der Waals surface area contributed by atoms with Gasteiger partial charge in [-0.15, -0.1) is 0 Å². The van der Waals surface area contributed by atoms with Crippen LogP contribution in [0.2, 0.25) is 0 Å². The number of carbonyl (C=O) groups excluding carboxylic acids is 1. The largest absolute Gasteiger partial charge is 0.370 e. The minimum atomic E-state index is 0.0103. The fourth-order valence-corrected chi connectivity index (χ4v) is 3.63. The maximum Gasteiger partial charge on any atom is 0.252 e. The summed E-state index contributed by atoms with van der Waals surface area (Å²) in [7, 11) is 0. The van der Waals surface area contributed by atoms with E-state index in [2.05, 4.69) is 10.6 Å². The van der Waals surface area contributed by atoms with Gasteiger partial charge in [0.2, 0.25) is 0 Å². The lowest BCUT2D eigenvalue weighted by molar-refractivity contribution is -0.0576. The first-order valence-corrected chi connectivity index (χ1v) is 7.91. The maximum absolute atomic E-state index is 11.9. The molecular formula is C14H20N2O2S. The number of piperidine rings is 1. The van der Waals surface area contributed by atoms with Gasteiger partial charge in [0, 0.05) is 17.5 Å². The smallest absolute Gasteiger partial charge is 0.252 e. The van der Waals surface area contributed by atoms with E-state index in [9.17, 15) is 4.79 Å². The number of ether oxygens (including phenoxy) is 1. The molecule has 1 aromatic rings. The Kier molecular flexibility index (Phi) is 3.86. The molecule has 0 saturated carbocycles. The molecule has 1 spiro atoms. The van der Waals surface area contributed by atoms with Crippen LogP contribution in [0.4, 0.5) is 0 Å². The molecule has 0 aliphatic carbocycles.